The van der Waals surface area contributed by atoms with Gasteiger partial charge in [0.2, 0.25) is 65.0 Å². The molecule has 406 valence electrons. The maximum Gasteiger partial charge on any atom is 0.300 e. The molecule has 0 aliphatic carbocycles. The maximum atomic E-state index is 14.5. The molecular formula is C47H73N11O14S. The number of hydrogen-bond acceptors (Lipinski definition) is 14. The second-order valence-corrected chi connectivity index (χ2v) is 19.3. The van der Waals surface area contributed by atoms with Crippen LogP contribution in [0, 0.1) is 11.8 Å². The van der Waals surface area contributed by atoms with Crippen LogP contribution in [0.5, 0.6) is 5.75 Å². The molecule has 1 aromatic carbocycles. The monoisotopic (exact) mass is 1050 g/mol. The summed E-state index contributed by atoms with van der Waals surface area (Å²) in [6.07, 6.45) is -0.176. The summed E-state index contributed by atoms with van der Waals surface area (Å²) in [7, 11) is 1.50. The number of hydrogen-bond donors (Lipinski definition) is 11. The van der Waals surface area contributed by atoms with E-state index < -0.39 is 139 Å². The van der Waals surface area contributed by atoms with Crippen LogP contribution in [0.25, 0.3) is 0 Å². The molecule has 2 aliphatic heterocycles. The van der Waals surface area contributed by atoms with Crippen molar-refractivity contribution in [2.45, 2.75) is 141 Å². The molecule has 0 saturated carbocycles. The second-order valence-electron chi connectivity index (χ2n) is 18.2. The van der Waals surface area contributed by atoms with Gasteiger partial charge in [0.05, 0.1) is 20.1 Å². The summed E-state index contributed by atoms with van der Waals surface area (Å²) in [5.41, 5.74) is 16.8. The molecule has 14 N–H and O–H groups in total. The van der Waals surface area contributed by atoms with Crippen molar-refractivity contribution in [1.82, 2.24) is 42.1 Å². The quantitative estimate of drug-likeness (QED) is 0.0730. The lowest BCUT2D eigenvalue weighted by atomic mass is 9.96. The number of carboxylic acid groups (broad SMARTS) is 1. The van der Waals surface area contributed by atoms with Crippen molar-refractivity contribution < 1.29 is 67.4 Å². The van der Waals surface area contributed by atoms with Crippen molar-refractivity contribution in [2.75, 3.05) is 31.7 Å². The Morgan fingerprint density at radius 3 is 2.01 bits per heavy atom. The number of thioether (sulfide) groups is 1. The Hall–Kier alpha value is -6.99. The number of ether oxygens (including phenoxy) is 1. The van der Waals surface area contributed by atoms with Gasteiger partial charge in [0.25, 0.3) is 5.97 Å². The Morgan fingerprint density at radius 1 is 0.822 bits per heavy atom. The number of carbonyl (C=O) groups excluding carboxylic acids is 11. The molecule has 2 heterocycles. The second kappa shape index (κ2) is 31.5. The number of benzene rings is 1. The molecule has 3 rings (SSSR count). The number of nitrogens with one attached hydrogen (secondary N) is 7. The number of primary amides is 3. The summed E-state index contributed by atoms with van der Waals surface area (Å²) in [4.78, 5) is 157. The average Bonchev–Trinajstić information content (AvgIpc) is 3.82. The lowest BCUT2D eigenvalue weighted by Crippen LogP contribution is -2.61. The third-order valence-electron chi connectivity index (χ3n) is 11.6. The van der Waals surface area contributed by atoms with E-state index in [0.29, 0.717) is 24.2 Å². The topological polar surface area (TPSA) is 400 Å². The fourth-order valence-corrected chi connectivity index (χ4v) is 8.66. The highest BCUT2D eigenvalue weighted by molar-refractivity contribution is 7.99. The number of likely N-dealkylation sites (tertiary alicyclic amines) is 1. The lowest BCUT2D eigenvalue weighted by molar-refractivity contribution is -0.142. The highest BCUT2D eigenvalue weighted by Crippen LogP contribution is 2.22. The number of carboxylic acids is 1. The van der Waals surface area contributed by atoms with E-state index in [4.69, 9.17) is 31.8 Å². The third-order valence-corrected chi connectivity index (χ3v) is 12.7. The summed E-state index contributed by atoms with van der Waals surface area (Å²) < 4.78 is 5.25. The number of methoxy groups -OCH3 is 1. The largest absolute Gasteiger partial charge is 0.497 e. The smallest absolute Gasteiger partial charge is 0.300 e. The van der Waals surface area contributed by atoms with E-state index in [2.05, 4.69) is 37.2 Å². The molecule has 11 amide bonds. The molecule has 26 heteroatoms. The van der Waals surface area contributed by atoms with Gasteiger partial charge in [0, 0.05) is 38.5 Å². The van der Waals surface area contributed by atoms with Gasteiger partial charge in [0.15, 0.2) is 0 Å². The van der Waals surface area contributed by atoms with Crippen molar-refractivity contribution in [1.29, 1.82) is 0 Å². The highest BCUT2D eigenvalue weighted by atomic mass is 32.2. The van der Waals surface area contributed by atoms with Crippen LogP contribution in [0.2, 0.25) is 0 Å². The van der Waals surface area contributed by atoms with Gasteiger partial charge >= 0.3 is 0 Å². The molecular weight excluding hydrogens is 975 g/mol. The molecule has 8 atom stereocenters. The van der Waals surface area contributed by atoms with Gasteiger partial charge < -0.3 is 69.2 Å². The zero-order valence-corrected chi connectivity index (χ0v) is 43.1. The van der Waals surface area contributed by atoms with Crippen molar-refractivity contribution in [3.05, 3.63) is 29.8 Å². The van der Waals surface area contributed by atoms with Gasteiger partial charge in [-0.2, -0.15) is 11.8 Å². The van der Waals surface area contributed by atoms with Crippen LogP contribution >= 0.6 is 11.8 Å². The van der Waals surface area contributed by atoms with Gasteiger partial charge in [-0.15, -0.1) is 0 Å². The van der Waals surface area contributed by atoms with Crippen molar-refractivity contribution in [3.8, 4) is 5.75 Å². The lowest BCUT2D eigenvalue weighted by Gasteiger charge is -2.31. The third kappa shape index (κ3) is 22.5. The van der Waals surface area contributed by atoms with Crippen LogP contribution in [0.4, 0.5) is 0 Å². The Kier molecular flexibility index (Phi) is 26.8. The van der Waals surface area contributed by atoms with E-state index >= 15 is 0 Å². The van der Waals surface area contributed by atoms with Crippen LogP contribution < -0.4 is 59.2 Å². The van der Waals surface area contributed by atoms with Crippen LogP contribution in [0.3, 0.4) is 0 Å². The molecule has 0 radical (unpaired) electrons. The molecule has 25 nitrogen and oxygen atoms in total. The maximum absolute atomic E-state index is 14.5. The molecule has 2 saturated heterocycles. The number of aliphatic carboxylic acids is 1. The normalized spacial score (nSPS) is 22.2. The summed E-state index contributed by atoms with van der Waals surface area (Å²) in [5, 5.41) is 25.6. The van der Waals surface area contributed by atoms with E-state index in [1.165, 1.54) is 23.8 Å². The Morgan fingerprint density at radius 2 is 1.44 bits per heavy atom. The van der Waals surface area contributed by atoms with E-state index in [-0.39, 0.29) is 62.5 Å². The van der Waals surface area contributed by atoms with E-state index in [0.717, 1.165) is 6.92 Å². The van der Waals surface area contributed by atoms with Gasteiger partial charge in [-0.25, -0.2) is 0 Å². The first-order valence-corrected chi connectivity index (χ1v) is 25.2. The number of nitrogens with zero attached hydrogens (tertiary/aromatic N) is 1. The van der Waals surface area contributed by atoms with Crippen molar-refractivity contribution in [2.24, 2.45) is 29.0 Å². The van der Waals surface area contributed by atoms with E-state index in [9.17, 15) is 52.7 Å². The van der Waals surface area contributed by atoms with Crippen LogP contribution in [-0.4, -0.2) is 155 Å². The summed E-state index contributed by atoms with van der Waals surface area (Å²) in [5.74, 6) is -9.43. The fraction of sp³-hybridized carbons (Fsp3) is 0.617. The van der Waals surface area contributed by atoms with Crippen molar-refractivity contribution >= 4 is 82.7 Å². The Balaban J connectivity index is 0.00000439. The minimum atomic E-state index is -1.71. The Labute approximate surface area is 428 Å². The minimum Gasteiger partial charge on any atom is -0.497 e. The molecule has 0 bridgehead atoms. The number of rotatable bonds is 18. The minimum absolute atomic E-state index is 0.0237. The number of amides is 11. The zero-order chi connectivity index (χ0) is 54.9. The molecule has 2 unspecified atom stereocenters. The van der Waals surface area contributed by atoms with Crippen LogP contribution in [0.15, 0.2) is 24.3 Å². The first-order chi connectivity index (χ1) is 34.4. The SMILES string of the molecule is CC(=O)O.CC[C@H](C)[C@@H]1NC(=O)C(Cc2ccc(OC)cc2)NC(=O)CCCSCC(C(=O)N2CCC[C@H]2C(=O)N[C@@H](CC(C)C)C(=O)NCC(N)=O)NC(=O)[C@H](CC(N)=O)NC(=O)[C@H](CCC(N)=O)NC1=O. The molecule has 73 heavy (non-hydrogen) atoms. The Bertz CT molecular complexity index is 2120. The van der Waals surface area contributed by atoms with Crippen molar-refractivity contribution in [3.63, 3.8) is 0 Å². The molecule has 2 fully saturated rings. The first kappa shape index (κ1) is 62.1. The fourth-order valence-electron chi connectivity index (χ4n) is 7.68. The summed E-state index contributed by atoms with van der Waals surface area (Å²) in [6, 6.07) is -2.40. The van der Waals surface area contributed by atoms with E-state index in [1.807, 2.05) is 13.8 Å². The van der Waals surface area contributed by atoms with Crippen LogP contribution in [0.1, 0.15) is 98.0 Å². The molecule has 0 aromatic heterocycles. The predicted molar refractivity (Wildman–Crippen MR) is 266 cm³/mol. The number of carbonyl (C=O) groups is 12. The molecule has 1 aromatic rings. The summed E-state index contributed by atoms with van der Waals surface area (Å²) in [6.45, 7) is 7.83. The van der Waals surface area contributed by atoms with Gasteiger partial charge in [-0.05, 0) is 67.4 Å². The standard InChI is InChI=1S/C45H69N11O12S.C2H4O2/c1-6-25(4)38-44(66)51-28(15-16-34(46)57)40(62)52-31(21-35(47)58)41(63)54-32(23-69-18-8-10-37(60)50-30(42(64)55-38)20-26-11-13-27(68-5)14-12-26)45(67)56-17-7-9-33(56)43(65)53-29(19-24(2)3)39(61)49-22-36(48)59;1-2(3)4/h11-14,24-25,28-33,38H,6-10,15-23H2,1-5H3,(H2,46,57)(H2,47,58)(H2,48,59)(H,49,61)(H,50,60)(H,51,66)(H,52,62)(H,53,65)(H,54,63)(H,55,64);1H3,(H,3,4)/t25-,28-,29-,30?,31-,32?,33-,38-;/m0./s1. The molecule has 0 spiro atoms. The summed E-state index contributed by atoms with van der Waals surface area (Å²) >= 11 is 1.18. The van der Waals surface area contributed by atoms with Gasteiger partial charge in [-0.1, -0.05) is 46.2 Å². The average molecular weight is 1050 g/mol. The van der Waals surface area contributed by atoms with Crippen LogP contribution in [-0.2, 0) is 64.0 Å². The predicted octanol–water partition coefficient (Wildman–Crippen LogP) is -2.41. The first-order valence-electron chi connectivity index (χ1n) is 24.0. The highest BCUT2D eigenvalue weighted by Gasteiger charge is 2.40. The van der Waals surface area contributed by atoms with Gasteiger partial charge in [0.1, 0.15) is 48.0 Å². The van der Waals surface area contributed by atoms with Gasteiger partial charge in [-0.3, -0.25) is 57.5 Å². The number of nitrogens with two attached hydrogens (primary N) is 3. The van der Waals surface area contributed by atoms with E-state index in [1.54, 1.807) is 38.1 Å². The zero-order valence-electron chi connectivity index (χ0n) is 42.2. The molecule has 2 aliphatic rings.